The Labute approximate surface area is 123 Å². The van der Waals surface area contributed by atoms with Gasteiger partial charge < -0.3 is 15.2 Å². The average molecular weight is 289 g/mol. The van der Waals surface area contributed by atoms with Crippen LogP contribution in [0.25, 0.3) is 0 Å². The molecule has 0 aliphatic carbocycles. The first-order chi connectivity index (χ1) is 10.2. The van der Waals surface area contributed by atoms with E-state index in [9.17, 15) is 4.79 Å². The zero-order chi connectivity index (χ0) is 15.1. The smallest absolute Gasteiger partial charge is 0.275 e. The Kier molecular flexibility index (Phi) is 5.25. The largest absolute Gasteiger partial charge is 0.360 e. The van der Waals surface area contributed by atoms with E-state index >= 15 is 0 Å². The maximum Gasteiger partial charge on any atom is 0.275 e. The molecule has 0 saturated carbocycles. The first kappa shape index (κ1) is 15.0. The van der Waals surface area contributed by atoms with Crippen LogP contribution in [0.2, 0.25) is 0 Å². The normalized spacial score (nSPS) is 10.4. The summed E-state index contributed by atoms with van der Waals surface area (Å²) in [4.78, 5) is 20.3. The van der Waals surface area contributed by atoms with E-state index in [-0.39, 0.29) is 11.6 Å². The predicted octanol–water partition coefficient (Wildman–Crippen LogP) is 2.63. The monoisotopic (exact) mass is 289 g/mol. The van der Waals surface area contributed by atoms with Crippen molar-refractivity contribution in [3.05, 3.63) is 29.8 Å². The molecule has 1 amide bonds. The van der Waals surface area contributed by atoms with E-state index in [1.54, 1.807) is 25.3 Å². The van der Waals surface area contributed by atoms with Crippen LogP contribution in [0.4, 0.5) is 11.8 Å². The number of carbonyl (C=O) groups excluding carboxylic acids is 1. The molecule has 2 aromatic heterocycles. The van der Waals surface area contributed by atoms with E-state index in [0.29, 0.717) is 17.5 Å². The number of carbonyl (C=O) groups is 1. The zero-order valence-corrected chi connectivity index (χ0v) is 12.2. The Bertz CT molecular complexity index is 597. The molecule has 0 spiro atoms. The van der Waals surface area contributed by atoms with Gasteiger partial charge in [-0.2, -0.15) is 0 Å². The number of aromatic nitrogens is 3. The fraction of sp³-hybridized carbons (Fsp3) is 0.429. The lowest BCUT2D eigenvalue weighted by atomic mass is 10.2. The number of hydrogen-bond donors (Lipinski definition) is 2. The third-order valence-corrected chi connectivity index (χ3v) is 2.82. The third-order valence-electron chi connectivity index (χ3n) is 2.82. The highest BCUT2D eigenvalue weighted by Crippen LogP contribution is 2.09. The van der Waals surface area contributed by atoms with Gasteiger partial charge in [0.05, 0.1) is 0 Å². The Morgan fingerprint density at radius 3 is 2.95 bits per heavy atom. The van der Waals surface area contributed by atoms with E-state index in [2.05, 4.69) is 32.7 Å². The van der Waals surface area contributed by atoms with Crippen LogP contribution in [0.15, 0.2) is 22.9 Å². The molecule has 0 unspecified atom stereocenters. The minimum atomic E-state index is -0.345. The van der Waals surface area contributed by atoms with Gasteiger partial charge in [0.15, 0.2) is 5.82 Å². The summed E-state index contributed by atoms with van der Waals surface area (Å²) in [5.74, 6) is 1.11. The first-order valence-corrected chi connectivity index (χ1v) is 7.00. The highest BCUT2D eigenvalue weighted by Gasteiger charge is 2.11. The molecule has 2 heterocycles. The van der Waals surface area contributed by atoms with Gasteiger partial charge in [0.25, 0.3) is 5.91 Å². The van der Waals surface area contributed by atoms with Crippen LogP contribution in [0.3, 0.4) is 0 Å². The molecule has 2 N–H and O–H groups in total. The summed E-state index contributed by atoms with van der Waals surface area (Å²) in [5, 5.41) is 9.43. The van der Waals surface area contributed by atoms with Crippen LogP contribution in [0.5, 0.6) is 0 Å². The molecule has 2 aromatic rings. The maximum atomic E-state index is 12.0. The lowest BCUT2D eigenvalue weighted by molar-refractivity contribution is 0.102. The van der Waals surface area contributed by atoms with Crippen molar-refractivity contribution in [3.63, 3.8) is 0 Å². The summed E-state index contributed by atoms with van der Waals surface area (Å²) in [5.41, 5.74) is 0.281. The lowest BCUT2D eigenvalue weighted by Gasteiger charge is -2.05. The topological polar surface area (TPSA) is 92.9 Å². The van der Waals surface area contributed by atoms with Crippen LogP contribution >= 0.6 is 0 Å². The Balaban J connectivity index is 1.94. The average Bonchev–Trinajstić information content (AvgIpc) is 2.89. The first-order valence-electron chi connectivity index (χ1n) is 7.00. The summed E-state index contributed by atoms with van der Waals surface area (Å²) in [7, 11) is 0. The highest BCUT2D eigenvalue weighted by atomic mass is 16.5. The standard InChI is InChI=1S/C14H19N5O2/c1-3-4-5-7-15-14-16-8-6-11(17-14)13(20)18-12-9-10(2)21-19-12/h6,8-9H,3-5,7H2,1-2H3,(H,15,16,17)(H,18,19,20). The molecule has 0 aliphatic heterocycles. The SMILES string of the molecule is CCCCCNc1nccc(C(=O)Nc2cc(C)on2)n1. The molecule has 7 heteroatoms. The Morgan fingerprint density at radius 1 is 1.38 bits per heavy atom. The number of rotatable bonds is 7. The molecular weight excluding hydrogens is 270 g/mol. The number of unbranched alkanes of at least 4 members (excludes halogenated alkanes) is 2. The molecule has 0 saturated heterocycles. The van der Waals surface area contributed by atoms with Gasteiger partial charge in [-0.3, -0.25) is 4.79 Å². The minimum absolute atomic E-state index is 0.281. The number of nitrogens with one attached hydrogen (secondary N) is 2. The van der Waals surface area contributed by atoms with Gasteiger partial charge in [-0.15, -0.1) is 0 Å². The van der Waals surface area contributed by atoms with Crippen LogP contribution in [-0.2, 0) is 0 Å². The maximum absolute atomic E-state index is 12.0. The van der Waals surface area contributed by atoms with Crippen LogP contribution in [0, 0.1) is 6.92 Å². The molecule has 112 valence electrons. The van der Waals surface area contributed by atoms with Crippen molar-refractivity contribution in [2.24, 2.45) is 0 Å². The van der Waals surface area contributed by atoms with Gasteiger partial charge in [-0.25, -0.2) is 9.97 Å². The second-order valence-corrected chi connectivity index (χ2v) is 4.68. The van der Waals surface area contributed by atoms with Gasteiger partial charge in [0.1, 0.15) is 11.5 Å². The third kappa shape index (κ3) is 4.55. The van der Waals surface area contributed by atoms with E-state index in [4.69, 9.17) is 4.52 Å². The number of amides is 1. The Morgan fingerprint density at radius 2 is 2.24 bits per heavy atom. The van der Waals surface area contributed by atoms with Gasteiger partial charge in [0, 0.05) is 18.8 Å². The van der Waals surface area contributed by atoms with Crippen molar-refractivity contribution < 1.29 is 9.32 Å². The van der Waals surface area contributed by atoms with Crippen molar-refractivity contribution >= 4 is 17.7 Å². The number of anilines is 2. The summed E-state index contributed by atoms with van der Waals surface area (Å²) >= 11 is 0. The molecule has 21 heavy (non-hydrogen) atoms. The molecule has 7 nitrogen and oxygen atoms in total. The molecule has 2 rings (SSSR count). The number of hydrogen-bond acceptors (Lipinski definition) is 6. The molecule has 0 bridgehead atoms. The second kappa shape index (κ2) is 7.37. The van der Waals surface area contributed by atoms with Crippen LogP contribution in [0.1, 0.15) is 42.4 Å². The lowest BCUT2D eigenvalue weighted by Crippen LogP contribution is -2.15. The number of aryl methyl sites for hydroxylation is 1. The summed E-state index contributed by atoms with van der Waals surface area (Å²) in [6, 6.07) is 3.20. The van der Waals surface area contributed by atoms with E-state index < -0.39 is 0 Å². The summed E-state index contributed by atoms with van der Waals surface area (Å²) in [6.45, 7) is 4.69. The van der Waals surface area contributed by atoms with Gasteiger partial charge in [0.2, 0.25) is 5.95 Å². The molecule has 0 fully saturated rings. The summed E-state index contributed by atoms with van der Waals surface area (Å²) < 4.78 is 4.89. The van der Waals surface area contributed by atoms with Crippen molar-refractivity contribution in [2.45, 2.75) is 33.1 Å². The Hall–Kier alpha value is -2.44. The highest BCUT2D eigenvalue weighted by molar-refractivity contribution is 6.02. The summed E-state index contributed by atoms with van der Waals surface area (Å²) in [6.07, 6.45) is 4.91. The fourth-order valence-corrected chi connectivity index (χ4v) is 1.75. The van der Waals surface area contributed by atoms with Gasteiger partial charge in [-0.1, -0.05) is 24.9 Å². The van der Waals surface area contributed by atoms with Crippen molar-refractivity contribution in [1.82, 2.24) is 15.1 Å². The van der Waals surface area contributed by atoms with Gasteiger partial charge in [-0.05, 0) is 19.4 Å². The second-order valence-electron chi connectivity index (χ2n) is 4.68. The number of nitrogens with zero attached hydrogens (tertiary/aromatic N) is 3. The zero-order valence-electron chi connectivity index (χ0n) is 12.2. The van der Waals surface area contributed by atoms with Crippen LogP contribution in [-0.4, -0.2) is 27.6 Å². The molecule has 0 aliphatic rings. The van der Waals surface area contributed by atoms with E-state index in [1.807, 2.05) is 0 Å². The van der Waals surface area contributed by atoms with Crippen LogP contribution < -0.4 is 10.6 Å². The molecule has 0 radical (unpaired) electrons. The molecule has 0 atom stereocenters. The predicted molar refractivity (Wildman–Crippen MR) is 79.2 cm³/mol. The molecule has 0 aromatic carbocycles. The quantitative estimate of drug-likeness (QED) is 0.761. The van der Waals surface area contributed by atoms with Crippen molar-refractivity contribution in [2.75, 3.05) is 17.2 Å². The van der Waals surface area contributed by atoms with Crippen molar-refractivity contribution in [3.8, 4) is 0 Å². The van der Waals surface area contributed by atoms with Crippen molar-refractivity contribution in [1.29, 1.82) is 0 Å². The molecular formula is C14H19N5O2. The fourth-order valence-electron chi connectivity index (χ4n) is 1.75. The minimum Gasteiger partial charge on any atom is -0.360 e. The van der Waals surface area contributed by atoms with E-state index in [0.717, 1.165) is 25.8 Å². The van der Waals surface area contributed by atoms with E-state index in [1.165, 1.54) is 0 Å². The van der Waals surface area contributed by atoms with Gasteiger partial charge >= 0.3 is 0 Å².